The smallest absolute Gasteiger partial charge is 0.240 e. The molecule has 1 aliphatic heterocycles. The van der Waals surface area contributed by atoms with E-state index in [9.17, 15) is 4.79 Å². The Morgan fingerprint density at radius 3 is 2.29 bits per heavy atom. The number of nitrogens with zero attached hydrogens (tertiary/aromatic N) is 1. The Labute approximate surface area is 130 Å². The van der Waals surface area contributed by atoms with Crippen LogP contribution in [-0.4, -0.2) is 36.5 Å². The van der Waals surface area contributed by atoms with Crippen molar-refractivity contribution >= 4 is 5.91 Å². The van der Waals surface area contributed by atoms with Crippen LogP contribution < -0.4 is 5.32 Å². The normalized spacial score (nSPS) is 28.4. The molecular formula is C18H34N2O. The number of fused-ring (bicyclic) bond motifs is 1. The SMILES string of the molecule is CC(C)CCN(CCC(C)C)C(=O)C1NCC2CCCC21. The zero-order valence-electron chi connectivity index (χ0n) is 14.4. The molecule has 122 valence electrons. The van der Waals surface area contributed by atoms with E-state index in [-0.39, 0.29) is 6.04 Å². The van der Waals surface area contributed by atoms with Crippen molar-refractivity contribution in [2.45, 2.75) is 65.8 Å². The molecule has 1 amide bonds. The van der Waals surface area contributed by atoms with Gasteiger partial charge < -0.3 is 10.2 Å². The highest BCUT2D eigenvalue weighted by Crippen LogP contribution is 2.38. The average Bonchev–Trinajstić information content (AvgIpc) is 2.99. The van der Waals surface area contributed by atoms with Gasteiger partial charge in [0.2, 0.25) is 5.91 Å². The van der Waals surface area contributed by atoms with Crippen LogP contribution in [0, 0.1) is 23.7 Å². The van der Waals surface area contributed by atoms with Crippen LogP contribution in [0.1, 0.15) is 59.8 Å². The number of hydrogen-bond acceptors (Lipinski definition) is 2. The Kier molecular flexibility index (Phi) is 6.09. The number of rotatable bonds is 7. The van der Waals surface area contributed by atoms with E-state index in [0.717, 1.165) is 38.4 Å². The number of amides is 1. The third kappa shape index (κ3) is 4.45. The van der Waals surface area contributed by atoms with Crippen molar-refractivity contribution in [1.29, 1.82) is 0 Å². The Bertz CT molecular complexity index is 328. The van der Waals surface area contributed by atoms with Gasteiger partial charge in [0.05, 0.1) is 6.04 Å². The summed E-state index contributed by atoms with van der Waals surface area (Å²) in [5.41, 5.74) is 0. The highest BCUT2D eigenvalue weighted by atomic mass is 16.2. The van der Waals surface area contributed by atoms with Gasteiger partial charge in [-0.05, 0) is 55.9 Å². The molecule has 1 N–H and O–H groups in total. The maximum absolute atomic E-state index is 13.0. The Hall–Kier alpha value is -0.570. The fraction of sp³-hybridized carbons (Fsp3) is 0.944. The summed E-state index contributed by atoms with van der Waals surface area (Å²) in [6.45, 7) is 11.9. The first-order chi connectivity index (χ1) is 9.99. The quantitative estimate of drug-likeness (QED) is 0.781. The second-order valence-corrected chi connectivity index (χ2v) is 7.93. The first kappa shape index (κ1) is 16.8. The predicted octanol–water partition coefficient (Wildman–Crippen LogP) is 3.30. The Morgan fingerprint density at radius 2 is 1.71 bits per heavy atom. The summed E-state index contributed by atoms with van der Waals surface area (Å²) in [6, 6.07) is 0.108. The molecule has 0 aromatic carbocycles. The molecule has 1 aliphatic carbocycles. The standard InChI is InChI=1S/C18H34N2O/c1-13(2)8-10-20(11-9-14(3)4)18(21)17-16-7-5-6-15(16)12-19-17/h13-17,19H,5-12H2,1-4H3. The molecule has 0 bridgehead atoms. The van der Waals surface area contributed by atoms with Gasteiger partial charge in [-0.25, -0.2) is 0 Å². The van der Waals surface area contributed by atoms with Crippen molar-refractivity contribution in [3.63, 3.8) is 0 Å². The first-order valence-electron chi connectivity index (χ1n) is 9.01. The van der Waals surface area contributed by atoms with Gasteiger partial charge in [-0.15, -0.1) is 0 Å². The summed E-state index contributed by atoms with van der Waals surface area (Å²) in [7, 11) is 0. The van der Waals surface area contributed by atoms with Crippen LogP contribution in [0.2, 0.25) is 0 Å². The van der Waals surface area contributed by atoms with Crippen molar-refractivity contribution in [1.82, 2.24) is 10.2 Å². The molecule has 0 radical (unpaired) electrons. The molecule has 1 saturated carbocycles. The summed E-state index contributed by atoms with van der Waals surface area (Å²) in [5, 5.41) is 3.52. The average molecular weight is 294 g/mol. The minimum absolute atomic E-state index is 0.108. The lowest BCUT2D eigenvalue weighted by Gasteiger charge is -2.29. The van der Waals surface area contributed by atoms with E-state index in [4.69, 9.17) is 0 Å². The monoisotopic (exact) mass is 294 g/mol. The Morgan fingerprint density at radius 1 is 1.10 bits per heavy atom. The van der Waals surface area contributed by atoms with Crippen LogP contribution in [0.4, 0.5) is 0 Å². The largest absolute Gasteiger partial charge is 0.341 e. The van der Waals surface area contributed by atoms with Gasteiger partial charge in [0, 0.05) is 13.1 Å². The van der Waals surface area contributed by atoms with Gasteiger partial charge >= 0.3 is 0 Å². The second-order valence-electron chi connectivity index (χ2n) is 7.93. The molecule has 0 aromatic heterocycles. The van der Waals surface area contributed by atoms with Crippen molar-refractivity contribution in [2.24, 2.45) is 23.7 Å². The lowest BCUT2D eigenvalue weighted by Crippen LogP contribution is -2.47. The predicted molar refractivity (Wildman–Crippen MR) is 88.1 cm³/mol. The van der Waals surface area contributed by atoms with Crippen LogP contribution in [0.15, 0.2) is 0 Å². The molecular weight excluding hydrogens is 260 g/mol. The van der Waals surface area contributed by atoms with E-state index in [0.29, 0.717) is 23.7 Å². The third-order valence-corrected chi connectivity index (χ3v) is 5.28. The molecule has 1 saturated heterocycles. The number of carbonyl (C=O) groups excluding carboxylic acids is 1. The molecule has 2 aliphatic rings. The minimum Gasteiger partial charge on any atom is -0.341 e. The number of nitrogens with one attached hydrogen (secondary N) is 1. The summed E-state index contributed by atoms with van der Waals surface area (Å²) >= 11 is 0. The summed E-state index contributed by atoms with van der Waals surface area (Å²) in [5.74, 6) is 3.07. The number of carbonyl (C=O) groups is 1. The zero-order chi connectivity index (χ0) is 15.4. The lowest BCUT2D eigenvalue weighted by atomic mass is 9.93. The minimum atomic E-state index is 0.108. The lowest BCUT2D eigenvalue weighted by molar-refractivity contribution is -0.134. The summed E-state index contributed by atoms with van der Waals surface area (Å²) in [6.07, 6.45) is 6.11. The fourth-order valence-corrected chi connectivity index (χ4v) is 3.81. The van der Waals surface area contributed by atoms with Crippen molar-refractivity contribution in [3.8, 4) is 0 Å². The molecule has 3 atom stereocenters. The van der Waals surface area contributed by atoms with E-state index in [1.807, 2.05) is 0 Å². The maximum atomic E-state index is 13.0. The molecule has 3 nitrogen and oxygen atoms in total. The first-order valence-corrected chi connectivity index (χ1v) is 9.01. The van der Waals surface area contributed by atoms with Gasteiger partial charge in [-0.1, -0.05) is 34.1 Å². The van der Waals surface area contributed by atoms with Crippen molar-refractivity contribution in [3.05, 3.63) is 0 Å². The topological polar surface area (TPSA) is 32.3 Å². The van der Waals surface area contributed by atoms with Gasteiger partial charge in [-0.2, -0.15) is 0 Å². The van der Waals surface area contributed by atoms with Crippen molar-refractivity contribution < 1.29 is 4.79 Å². The zero-order valence-corrected chi connectivity index (χ0v) is 14.4. The summed E-state index contributed by atoms with van der Waals surface area (Å²) < 4.78 is 0. The van der Waals surface area contributed by atoms with Gasteiger partial charge in [-0.3, -0.25) is 4.79 Å². The van der Waals surface area contributed by atoms with Crippen LogP contribution in [0.5, 0.6) is 0 Å². The van der Waals surface area contributed by atoms with Gasteiger partial charge in [0.25, 0.3) is 0 Å². The second kappa shape index (κ2) is 7.62. The van der Waals surface area contributed by atoms with Crippen molar-refractivity contribution in [2.75, 3.05) is 19.6 Å². The number of hydrogen-bond donors (Lipinski definition) is 1. The molecule has 2 fully saturated rings. The highest BCUT2D eigenvalue weighted by molar-refractivity contribution is 5.82. The van der Waals surface area contributed by atoms with Crippen LogP contribution >= 0.6 is 0 Å². The summed E-state index contributed by atoms with van der Waals surface area (Å²) in [4.78, 5) is 15.1. The van der Waals surface area contributed by atoms with E-state index in [1.54, 1.807) is 0 Å². The fourth-order valence-electron chi connectivity index (χ4n) is 3.81. The molecule has 3 unspecified atom stereocenters. The van der Waals surface area contributed by atoms with E-state index >= 15 is 0 Å². The van der Waals surface area contributed by atoms with E-state index in [2.05, 4.69) is 37.9 Å². The molecule has 3 heteroatoms. The van der Waals surface area contributed by atoms with Gasteiger partial charge in [0.15, 0.2) is 0 Å². The molecule has 1 heterocycles. The third-order valence-electron chi connectivity index (χ3n) is 5.28. The Balaban J connectivity index is 1.95. The molecule has 2 rings (SSSR count). The molecule has 0 aromatic rings. The molecule has 21 heavy (non-hydrogen) atoms. The van der Waals surface area contributed by atoms with Crippen LogP contribution in [-0.2, 0) is 4.79 Å². The van der Waals surface area contributed by atoms with E-state index in [1.165, 1.54) is 19.3 Å². The highest BCUT2D eigenvalue weighted by Gasteiger charge is 2.43. The van der Waals surface area contributed by atoms with Crippen LogP contribution in [0.3, 0.4) is 0 Å². The van der Waals surface area contributed by atoms with E-state index < -0.39 is 0 Å². The van der Waals surface area contributed by atoms with Gasteiger partial charge in [0.1, 0.15) is 0 Å². The van der Waals surface area contributed by atoms with Crippen LogP contribution in [0.25, 0.3) is 0 Å². The maximum Gasteiger partial charge on any atom is 0.240 e. The molecule has 0 spiro atoms.